The lowest BCUT2D eigenvalue weighted by atomic mass is 9.78. The van der Waals surface area contributed by atoms with E-state index in [4.69, 9.17) is 0 Å². The van der Waals surface area contributed by atoms with Crippen molar-refractivity contribution in [2.45, 2.75) is 89.3 Å². The molecule has 0 radical (unpaired) electrons. The van der Waals surface area contributed by atoms with E-state index in [1.807, 2.05) is 0 Å². The maximum atomic E-state index is 4.00. The van der Waals surface area contributed by atoms with Crippen LogP contribution in [0.3, 0.4) is 0 Å². The average molecular weight is 379 g/mol. The summed E-state index contributed by atoms with van der Waals surface area (Å²) in [6, 6.07) is 9.42. The van der Waals surface area contributed by atoms with Crippen LogP contribution in [-0.2, 0) is 12.8 Å². The van der Waals surface area contributed by atoms with Crippen LogP contribution in [0.4, 0.5) is 0 Å². The highest BCUT2D eigenvalue weighted by atomic mass is 79.9. The molecule has 0 nitrogen and oxygen atoms in total. The van der Waals surface area contributed by atoms with E-state index in [9.17, 15) is 0 Å². The molecule has 1 aromatic rings. The van der Waals surface area contributed by atoms with E-state index in [1.165, 1.54) is 81.8 Å². The van der Waals surface area contributed by atoms with Gasteiger partial charge in [-0.15, -0.1) is 0 Å². The normalized spacial score (nSPS) is 22.9. The van der Waals surface area contributed by atoms with Crippen LogP contribution in [0.15, 0.2) is 24.3 Å². The summed E-state index contributed by atoms with van der Waals surface area (Å²) in [6.45, 7) is 4.60. The van der Waals surface area contributed by atoms with Gasteiger partial charge in [0.25, 0.3) is 0 Å². The van der Waals surface area contributed by atoms with Crippen molar-refractivity contribution in [3.63, 3.8) is 0 Å². The molecule has 0 amide bonds. The van der Waals surface area contributed by atoms with Crippen molar-refractivity contribution in [1.29, 1.82) is 0 Å². The smallest absolute Gasteiger partial charge is 0.0214 e. The minimum absolute atomic E-state index is 0.663. The third-order valence-electron chi connectivity index (χ3n) is 5.62. The molecular formula is C22H35Br. The maximum Gasteiger partial charge on any atom is 0.0214 e. The SMILES string of the molecule is CCCCCc1ccc(CC(Br)C2CCC(CCC)CC2)cc1. The minimum Gasteiger partial charge on any atom is -0.0884 e. The molecule has 1 fully saturated rings. The number of halogens is 1. The predicted octanol–water partition coefficient (Wildman–Crippen LogP) is 7.33. The Balaban J connectivity index is 1.75. The van der Waals surface area contributed by atoms with E-state index in [-0.39, 0.29) is 0 Å². The molecule has 1 aliphatic rings. The molecule has 0 aliphatic heterocycles. The van der Waals surface area contributed by atoms with Crippen molar-refractivity contribution < 1.29 is 0 Å². The average Bonchev–Trinajstić information content (AvgIpc) is 2.57. The predicted molar refractivity (Wildman–Crippen MR) is 106 cm³/mol. The summed E-state index contributed by atoms with van der Waals surface area (Å²) in [4.78, 5) is 0.663. The second kappa shape index (κ2) is 10.5. The van der Waals surface area contributed by atoms with Gasteiger partial charge in [-0.1, -0.05) is 92.6 Å². The van der Waals surface area contributed by atoms with Crippen LogP contribution < -0.4 is 0 Å². The Bertz CT molecular complexity index is 414. The Morgan fingerprint density at radius 3 is 2.17 bits per heavy atom. The van der Waals surface area contributed by atoms with Gasteiger partial charge < -0.3 is 0 Å². The van der Waals surface area contributed by atoms with Crippen LogP contribution in [0.2, 0.25) is 0 Å². The maximum absolute atomic E-state index is 4.00. The fourth-order valence-corrected chi connectivity index (χ4v) is 4.96. The Hall–Kier alpha value is -0.300. The summed E-state index contributed by atoms with van der Waals surface area (Å²) in [5, 5.41) is 0. The van der Waals surface area contributed by atoms with E-state index in [0.29, 0.717) is 4.83 Å². The number of unbranched alkanes of at least 4 members (excludes halogenated alkanes) is 2. The molecule has 1 heteroatoms. The molecule has 1 saturated carbocycles. The molecule has 0 bridgehead atoms. The zero-order chi connectivity index (χ0) is 16.5. The topological polar surface area (TPSA) is 0 Å². The van der Waals surface area contributed by atoms with Crippen LogP contribution in [0.5, 0.6) is 0 Å². The third kappa shape index (κ3) is 6.61. The number of aryl methyl sites for hydroxylation is 1. The van der Waals surface area contributed by atoms with Crippen LogP contribution >= 0.6 is 15.9 Å². The molecule has 2 rings (SSSR count). The van der Waals surface area contributed by atoms with Gasteiger partial charge in [0.2, 0.25) is 0 Å². The highest BCUT2D eigenvalue weighted by Gasteiger charge is 2.25. The largest absolute Gasteiger partial charge is 0.0884 e. The standard InChI is InChI=1S/C22H35Br/c1-3-5-6-8-19-9-11-20(12-10-19)17-22(23)21-15-13-18(7-4-2)14-16-21/h9-12,18,21-22H,3-8,13-17H2,1-2H3. The van der Waals surface area contributed by atoms with Gasteiger partial charge in [0.05, 0.1) is 0 Å². The molecule has 1 aromatic carbocycles. The van der Waals surface area contributed by atoms with Gasteiger partial charge in [-0.05, 0) is 55.1 Å². The van der Waals surface area contributed by atoms with Gasteiger partial charge in [0.1, 0.15) is 0 Å². The van der Waals surface area contributed by atoms with Crippen LogP contribution in [-0.4, -0.2) is 4.83 Å². The van der Waals surface area contributed by atoms with E-state index >= 15 is 0 Å². The van der Waals surface area contributed by atoms with Crippen molar-refractivity contribution in [2.24, 2.45) is 11.8 Å². The minimum atomic E-state index is 0.663. The van der Waals surface area contributed by atoms with Crippen LogP contribution in [0.1, 0.15) is 82.8 Å². The summed E-state index contributed by atoms with van der Waals surface area (Å²) in [5.41, 5.74) is 3.01. The summed E-state index contributed by atoms with van der Waals surface area (Å²) in [5.74, 6) is 1.89. The molecule has 0 heterocycles. The van der Waals surface area contributed by atoms with Gasteiger partial charge in [-0.3, -0.25) is 0 Å². The summed E-state index contributed by atoms with van der Waals surface area (Å²) < 4.78 is 0. The second-order valence-corrected chi connectivity index (χ2v) is 8.74. The molecule has 0 N–H and O–H groups in total. The number of rotatable bonds is 9. The molecule has 0 aromatic heterocycles. The lowest BCUT2D eigenvalue weighted by Gasteiger charge is -2.31. The Morgan fingerprint density at radius 1 is 0.913 bits per heavy atom. The van der Waals surface area contributed by atoms with Crippen LogP contribution in [0.25, 0.3) is 0 Å². The number of alkyl halides is 1. The molecule has 0 spiro atoms. The summed E-state index contributed by atoms with van der Waals surface area (Å²) >= 11 is 4.00. The highest BCUT2D eigenvalue weighted by Crippen LogP contribution is 2.36. The second-order valence-electron chi connectivity index (χ2n) is 7.56. The molecule has 1 aliphatic carbocycles. The Kier molecular flexibility index (Phi) is 8.72. The van der Waals surface area contributed by atoms with Gasteiger partial charge in [-0.2, -0.15) is 0 Å². The summed E-state index contributed by atoms with van der Waals surface area (Å²) in [6.07, 6.45) is 15.0. The molecule has 1 unspecified atom stereocenters. The van der Waals surface area contributed by atoms with Crippen LogP contribution in [0, 0.1) is 11.8 Å². The van der Waals surface area contributed by atoms with Gasteiger partial charge in [0, 0.05) is 4.83 Å². The van der Waals surface area contributed by atoms with Crippen molar-refractivity contribution >= 4 is 15.9 Å². The monoisotopic (exact) mass is 378 g/mol. The lowest BCUT2D eigenvalue weighted by molar-refractivity contribution is 0.258. The van der Waals surface area contributed by atoms with Gasteiger partial charge in [-0.25, -0.2) is 0 Å². The lowest BCUT2D eigenvalue weighted by Crippen LogP contribution is -2.23. The quantitative estimate of drug-likeness (QED) is 0.311. The first kappa shape index (κ1) is 19.0. The zero-order valence-electron chi connectivity index (χ0n) is 15.2. The van der Waals surface area contributed by atoms with Crippen molar-refractivity contribution in [3.8, 4) is 0 Å². The Morgan fingerprint density at radius 2 is 1.57 bits per heavy atom. The van der Waals surface area contributed by atoms with E-state index in [2.05, 4.69) is 54.0 Å². The zero-order valence-corrected chi connectivity index (χ0v) is 16.8. The fourth-order valence-electron chi connectivity index (χ4n) is 4.06. The molecule has 130 valence electrons. The first-order valence-corrected chi connectivity index (χ1v) is 10.9. The number of benzene rings is 1. The molecule has 0 saturated heterocycles. The first-order valence-electron chi connectivity index (χ1n) is 9.94. The highest BCUT2D eigenvalue weighted by molar-refractivity contribution is 9.09. The third-order valence-corrected chi connectivity index (χ3v) is 6.69. The first-order chi connectivity index (χ1) is 11.2. The summed E-state index contributed by atoms with van der Waals surface area (Å²) in [7, 11) is 0. The van der Waals surface area contributed by atoms with Crippen molar-refractivity contribution in [1.82, 2.24) is 0 Å². The molecule has 23 heavy (non-hydrogen) atoms. The number of hydrogen-bond acceptors (Lipinski definition) is 0. The van der Waals surface area contributed by atoms with E-state index < -0.39 is 0 Å². The van der Waals surface area contributed by atoms with E-state index in [0.717, 1.165) is 11.8 Å². The molecule has 1 atom stereocenters. The fraction of sp³-hybridized carbons (Fsp3) is 0.727. The van der Waals surface area contributed by atoms with Crippen molar-refractivity contribution in [3.05, 3.63) is 35.4 Å². The Labute approximate surface area is 152 Å². The molecular weight excluding hydrogens is 344 g/mol. The van der Waals surface area contributed by atoms with Gasteiger partial charge >= 0.3 is 0 Å². The van der Waals surface area contributed by atoms with Crippen molar-refractivity contribution in [2.75, 3.05) is 0 Å². The van der Waals surface area contributed by atoms with E-state index in [1.54, 1.807) is 0 Å². The van der Waals surface area contributed by atoms with Gasteiger partial charge in [0.15, 0.2) is 0 Å². The number of hydrogen-bond donors (Lipinski definition) is 0.